The Labute approximate surface area is 419 Å². The first-order valence-electron chi connectivity index (χ1n) is 24.9. The highest BCUT2D eigenvalue weighted by atomic mass is 16.3. The Morgan fingerprint density at radius 1 is 0.528 bits per heavy atom. The van der Waals surface area contributed by atoms with Gasteiger partial charge in [-0.25, -0.2) is 0 Å². The number of anilines is 3. The van der Waals surface area contributed by atoms with Crippen molar-refractivity contribution in [1.82, 2.24) is 0 Å². The Kier molecular flexibility index (Phi) is 9.28. The van der Waals surface area contributed by atoms with Crippen LogP contribution in [0.25, 0.3) is 105 Å². The molecule has 0 fully saturated rings. The van der Waals surface area contributed by atoms with E-state index in [1.165, 1.54) is 39.2 Å². The van der Waals surface area contributed by atoms with Gasteiger partial charge in [0.2, 0.25) is 0 Å². The van der Waals surface area contributed by atoms with E-state index in [-0.39, 0.29) is 0 Å². The molecule has 2 aromatic heterocycles. The van der Waals surface area contributed by atoms with Crippen molar-refractivity contribution in [3.63, 3.8) is 0 Å². The molecule has 14 rings (SSSR count). The van der Waals surface area contributed by atoms with Crippen LogP contribution in [0.5, 0.6) is 0 Å². The fourth-order valence-corrected chi connectivity index (χ4v) is 12.0. The van der Waals surface area contributed by atoms with Gasteiger partial charge in [-0.05, 0) is 158 Å². The third kappa shape index (κ3) is 6.19. The van der Waals surface area contributed by atoms with Gasteiger partial charge in [0.05, 0.1) is 17.1 Å². The van der Waals surface area contributed by atoms with Crippen molar-refractivity contribution in [3.8, 4) is 68.0 Å². The van der Waals surface area contributed by atoms with Crippen LogP contribution in [-0.2, 0) is 5.41 Å². The van der Waals surface area contributed by atoms with Gasteiger partial charge in [0, 0.05) is 43.7 Å². The second-order valence-electron chi connectivity index (χ2n) is 19.8. The lowest BCUT2D eigenvalue weighted by molar-refractivity contribution is 0.632. The highest BCUT2D eigenvalue weighted by molar-refractivity contribution is 6.16. The maximum atomic E-state index is 6.49. The van der Waals surface area contributed by atoms with Gasteiger partial charge < -0.3 is 13.7 Å². The van der Waals surface area contributed by atoms with Crippen molar-refractivity contribution in [2.75, 3.05) is 4.90 Å². The first-order chi connectivity index (χ1) is 35.4. The van der Waals surface area contributed by atoms with Crippen LogP contribution in [0.3, 0.4) is 0 Å². The number of nitrogens with zero attached hydrogens (tertiary/aromatic N) is 1. The first kappa shape index (κ1) is 41.8. The average Bonchev–Trinajstić information content (AvgIpc) is 4.16. The smallest absolute Gasteiger partial charge is 0.136 e. The largest absolute Gasteiger partial charge is 0.456 e. The van der Waals surface area contributed by atoms with Crippen molar-refractivity contribution in [2.24, 2.45) is 0 Å². The molecule has 3 nitrogen and oxygen atoms in total. The minimum absolute atomic E-state index is 0.420. The van der Waals surface area contributed by atoms with Crippen LogP contribution in [0, 0.1) is 12.3 Å². The number of fused-ring (bicyclic) bond motifs is 13. The lowest BCUT2D eigenvalue weighted by Gasteiger charge is -2.43. The number of terminal acetylenes is 1. The van der Waals surface area contributed by atoms with Crippen LogP contribution in [0.2, 0.25) is 0 Å². The van der Waals surface area contributed by atoms with Crippen molar-refractivity contribution in [1.29, 1.82) is 0 Å². The molecule has 0 amide bonds. The fourth-order valence-electron chi connectivity index (χ4n) is 12.0. The monoisotopic (exact) mass is 921 g/mol. The van der Waals surface area contributed by atoms with Crippen molar-refractivity contribution in [3.05, 3.63) is 240 Å². The molecule has 0 atom stereocenters. The van der Waals surface area contributed by atoms with Gasteiger partial charge in [-0.15, -0.1) is 6.42 Å². The minimum atomic E-state index is -0.420. The molecular weight excluding hydrogens is 875 g/mol. The van der Waals surface area contributed by atoms with E-state index in [1.54, 1.807) is 0 Å². The maximum Gasteiger partial charge on any atom is 0.136 e. The van der Waals surface area contributed by atoms with Gasteiger partial charge in [0.1, 0.15) is 22.3 Å². The zero-order valence-electron chi connectivity index (χ0n) is 40.3. The maximum absolute atomic E-state index is 6.49. The number of rotatable bonds is 6. The molecule has 72 heavy (non-hydrogen) atoms. The number of benzene rings is 9. The zero-order valence-corrected chi connectivity index (χ0v) is 40.3. The standard InChI is InChI=1S/C69H47NO2/c1-5-7-18-42(6-2)48-23-15-24-49(48)47-39-57-55-37-45(50-25-16-29-64-66(50)53-21-11-13-27-62(53)71-64)31-34-52(55)56-38-46(51-26-17-30-65-67(51)54-22-12-14-28-63(54)72-65)33-35-60(56)70-61-36-32-44(43-19-9-8-10-20-43)40-58(61)69(3,4)59(41-47)68(57)70/h2,5,7-22,24-41H,23H2,1,3-4H3/b7-5-,42-18+. The molecule has 1 aliphatic carbocycles. The molecule has 340 valence electrons. The highest BCUT2D eigenvalue weighted by Gasteiger charge is 2.42. The summed E-state index contributed by atoms with van der Waals surface area (Å²) in [5, 5.41) is 4.45. The predicted octanol–water partition coefficient (Wildman–Crippen LogP) is 19.1. The van der Waals surface area contributed by atoms with Crippen LogP contribution in [0.15, 0.2) is 232 Å². The Bertz CT molecular complexity index is 4290. The van der Waals surface area contributed by atoms with Gasteiger partial charge in [0.25, 0.3) is 0 Å². The van der Waals surface area contributed by atoms with Gasteiger partial charge in [-0.2, -0.15) is 0 Å². The highest BCUT2D eigenvalue weighted by Crippen LogP contribution is 2.61. The Morgan fingerprint density at radius 3 is 1.82 bits per heavy atom. The first-order valence-corrected chi connectivity index (χ1v) is 24.9. The number of hydrogen-bond donors (Lipinski definition) is 0. The molecule has 3 heteroatoms. The van der Waals surface area contributed by atoms with Crippen LogP contribution in [0.4, 0.5) is 17.1 Å². The number of furan rings is 2. The molecule has 0 saturated carbocycles. The summed E-state index contributed by atoms with van der Waals surface area (Å²) in [6.45, 7) is 6.84. The van der Waals surface area contributed by atoms with Crippen LogP contribution in [-0.4, -0.2) is 0 Å². The van der Waals surface area contributed by atoms with Gasteiger partial charge in [0.15, 0.2) is 0 Å². The van der Waals surface area contributed by atoms with Crippen LogP contribution < -0.4 is 4.90 Å². The lowest BCUT2D eigenvalue weighted by atomic mass is 9.71. The Morgan fingerprint density at radius 2 is 1.12 bits per heavy atom. The molecule has 0 saturated heterocycles. The van der Waals surface area contributed by atoms with E-state index < -0.39 is 5.41 Å². The lowest BCUT2D eigenvalue weighted by Crippen LogP contribution is -2.31. The van der Waals surface area contributed by atoms with E-state index in [9.17, 15) is 0 Å². The predicted molar refractivity (Wildman–Crippen MR) is 301 cm³/mol. The molecule has 0 unspecified atom stereocenters. The van der Waals surface area contributed by atoms with E-state index in [0.717, 1.165) is 117 Å². The van der Waals surface area contributed by atoms with E-state index in [4.69, 9.17) is 15.3 Å². The summed E-state index contributed by atoms with van der Waals surface area (Å²) < 4.78 is 13.0. The number of para-hydroxylation sites is 2. The molecule has 0 radical (unpaired) electrons. The number of hydrogen-bond acceptors (Lipinski definition) is 3. The summed E-state index contributed by atoms with van der Waals surface area (Å²) in [6, 6.07) is 66.6. The van der Waals surface area contributed by atoms with E-state index >= 15 is 0 Å². The molecular formula is C69H47NO2. The second-order valence-corrected chi connectivity index (χ2v) is 19.8. The van der Waals surface area contributed by atoms with E-state index in [1.807, 2.05) is 31.2 Å². The third-order valence-corrected chi connectivity index (χ3v) is 15.5. The molecule has 0 spiro atoms. The summed E-state index contributed by atoms with van der Waals surface area (Å²) in [7, 11) is 0. The molecule has 0 N–H and O–H groups in total. The molecule has 11 aromatic rings. The third-order valence-electron chi connectivity index (χ3n) is 15.5. The topological polar surface area (TPSA) is 29.5 Å². The van der Waals surface area contributed by atoms with E-state index in [2.05, 4.69) is 213 Å². The van der Waals surface area contributed by atoms with Crippen molar-refractivity contribution in [2.45, 2.75) is 32.6 Å². The van der Waals surface area contributed by atoms with Gasteiger partial charge in [-0.3, -0.25) is 0 Å². The van der Waals surface area contributed by atoms with E-state index in [0.29, 0.717) is 0 Å². The molecule has 3 aliphatic rings. The zero-order chi connectivity index (χ0) is 48.2. The summed E-state index contributed by atoms with van der Waals surface area (Å²) in [5.74, 6) is 3.05. The Hall–Kier alpha value is -9.10. The Balaban J connectivity index is 1.10. The number of allylic oxidation sites excluding steroid dienone is 8. The van der Waals surface area contributed by atoms with Crippen molar-refractivity contribution >= 4 is 66.5 Å². The summed E-state index contributed by atoms with van der Waals surface area (Å²) in [4.78, 5) is 2.57. The van der Waals surface area contributed by atoms with Crippen molar-refractivity contribution < 1.29 is 8.83 Å². The summed E-state index contributed by atoms with van der Waals surface area (Å²) in [5.41, 5.74) is 25.0. The molecule has 4 heterocycles. The molecule has 2 aliphatic heterocycles. The normalized spacial score (nSPS) is 14.5. The average molecular weight is 922 g/mol. The molecule has 9 aromatic carbocycles. The summed E-state index contributed by atoms with van der Waals surface area (Å²) in [6.07, 6.45) is 17.8. The van der Waals surface area contributed by atoms with Gasteiger partial charge >= 0.3 is 0 Å². The van der Waals surface area contributed by atoms with Crippen LogP contribution >= 0.6 is 0 Å². The SMILES string of the molecule is C#C/C(=C\C=C/C)C1=C(c2cc3c4c(c2)C(C)(C)c2cc(-c5ccccc5)ccc2N4c2ccc(-c4cccc5oc6ccccc6c45)cc2-c2ccc(-c4cccc5oc6ccccc6c45)cc2-3)C=CC1. The second kappa shape index (κ2) is 16.0. The summed E-state index contributed by atoms with van der Waals surface area (Å²) >= 11 is 0. The minimum Gasteiger partial charge on any atom is -0.456 e. The van der Waals surface area contributed by atoms with Crippen LogP contribution in [0.1, 0.15) is 43.9 Å². The molecule has 0 bridgehead atoms. The fraction of sp³-hybridized carbons (Fsp3) is 0.0725. The quantitative estimate of drug-likeness (QED) is 0.123. The van der Waals surface area contributed by atoms with Gasteiger partial charge in [-0.1, -0.05) is 159 Å².